The molecule has 2 heterocycles. The van der Waals surface area contributed by atoms with Gasteiger partial charge in [-0.15, -0.1) is 0 Å². The maximum Gasteiger partial charge on any atom is 0.0960 e. The van der Waals surface area contributed by atoms with E-state index in [0.717, 1.165) is 17.2 Å². The first-order valence-corrected chi connectivity index (χ1v) is 8.27. The molecule has 1 aromatic heterocycles. The molecular weight excluding hydrogens is 260 g/mol. The topological polar surface area (TPSA) is 47.1 Å². The molecule has 4 rings (SSSR count). The highest BCUT2D eigenvalue weighted by atomic mass is 15.2. The van der Waals surface area contributed by atoms with Crippen molar-refractivity contribution in [3.05, 3.63) is 24.5 Å². The van der Waals surface area contributed by atoms with Crippen molar-refractivity contribution in [3.63, 3.8) is 0 Å². The summed E-state index contributed by atoms with van der Waals surface area (Å²) in [6, 6.07) is 7.46. The summed E-state index contributed by atoms with van der Waals surface area (Å²) in [7, 11) is 0. The first-order valence-electron chi connectivity index (χ1n) is 8.27. The number of nitrogen functional groups attached to an aromatic ring is 1. The lowest BCUT2D eigenvalue weighted by Gasteiger charge is -2.36. The summed E-state index contributed by atoms with van der Waals surface area (Å²) < 4.78 is 2.34. The SMILES string of the molecule is Nc1ccc2ncn(C3CCN(C4CCCC4)CC3)c2c1. The highest BCUT2D eigenvalue weighted by Crippen LogP contribution is 2.31. The number of fused-ring (bicyclic) bond motifs is 1. The van der Waals surface area contributed by atoms with Gasteiger partial charge in [0.1, 0.15) is 0 Å². The normalized spacial score (nSPS) is 22.3. The van der Waals surface area contributed by atoms with E-state index in [-0.39, 0.29) is 0 Å². The first kappa shape index (κ1) is 13.1. The zero-order valence-electron chi connectivity index (χ0n) is 12.5. The molecule has 1 aromatic carbocycles. The predicted octanol–water partition coefficient (Wildman–Crippen LogP) is 3.20. The molecule has 4 nitrogen and oxygen atoms in total. The second-order valence-electron chi connectivity index (χ2n) is 6.61. The molecule has 2 aliphatic rings. The summed E-state index contributed by atoms with van der Waals surface area (Å²) >= 11 is 0. The second-order valence-corrected chi connectivity index (χ2v) is 6.61. The predicted molar refractivity (Wildman–Crippen MR) is 86.2 cm³/mol. The van der Waals surface area contributed by atoms with Crippen molar-refractivity contribution in [1.29, 1.82) is 0 Å². The van der Waals surface area contributed by atoms with Gasteiger partial charge in [-0.05, 0) is 43.9 Å². The van der Waals surface area contributed by atoms with Gasteiger partial charge in [0.15, 0.2) is 0 Å². The Kier molecular flexibility index (Phi) is 3.34. The maximum atomic E-state index is 5.94. The lowest BCUT2D eigenvalue weighted by atomic mass is 10.0. The van der Waals surface area contributed by atoms with E-state index in [4.69, 9.17) is 5.73 Å². The van der Waals surface area contributed by atoms with Crippen LogP contribution in [0.4, 0.5) is 5.69 Å². The van der Waals surface area contributed by atoms with Gasteiger partial charge < -0.3 is 15.2 Å². The molecule has 1 aliphatic heterocycles. The van der Waals surface area contributed by atoms with Crippen molar-refractivity contribution in [2.45, 2.75) is 50.6 Å². The van der Waals surface area contributed by atoms with Gasteiger partial charge in [0, 0.05) is 30.9 Å². The Bertz CT molecular complexity index is 619. The fraction of sp³-hybridized carbons (Fsp3) is 0.588. The third-order valence-corrected chi connectivity index (χ3v) is 5.33. The summed E-state index contributed by atoms with van der Waals surface area (Å²) in [5.74, 6) is 0. The number of hydrogen-bond acceptors (Lipinski definition) is 3. The number of nitrogens with zero attached hydrogens (tertiary/aromatic N) is 3. The molecule has 2 N–H and O–H groups in total. The average Bonchev–Trinajstić information content (AvgIpc) is 3.16. The molecule has 112 valence electrons. The van der Waals surface area contributed by atoms with Crippen LogP contribution in [-0.2, 0) is 0 Å². The van der Waals surface area contributed by atoms with E-state index >= 15 is 0 Å². The van der Waals surface area contributed by atoms with Gasteiger partial charge in [0.05, 0.1) is 17.4 Å². The van der Waals surface area contributed by atoms with E-state index in [2.05, 4.69) is 20.5 Å². The number of hydrogen-bond donors (Lipinski definition) is 1. The molecule has 1 aliphatic carbocycles. The lowest BCUT2D eigenvalue weighted by molar-refractivity contribution is 0.138. The Morgan fingerprint density at radius 3 is 2.52 bits per heavy atom. The Balaban J connectivity index is 1.50. The Labute approximate surface area is 125 Å². The van der Waals surface area contributed by atoms with Crippen LogP contribution in [-0.4, -0.2) is 33.6 Å². The molecule has 0 unspecified atom stereocenters. The summed E-state index contributed by atoms with van der Waals surface area (Å²) in [6.07, 6.45) is 10.1. The zero-order chi connectivity index (χ0) is 14.2. The second kappa shape index (κ2) is 5.34. The standard InChI is InChI=1S/C17H24N4/c18-13-5-6-16-17(11-13)21(12-19-16)15-7-9-20(10-8-15)14-3-1-2-4-14/h5-6,11-12,14-15H,1-4,7-10,18H2. The molecule has 1 saturated heterocycles. The van der Waals surface area contributed by atoms with E-state index in [1.165, 1.54) is 57.1 Å². The largest absolute Gasteiger partial charge is 0.399 e. The van der Waals surface area contributed by atoms with Crippen molar-refractivity contribution < 1.29 is 0 Å². The van der Waals surface area contributed by atoms with E-state index in [0.29, 0.717) is 6.04 Å². The van der Waals surface area contributed by atoms with Crippen molar-refractivity contribution in [2.24, 2.45) is 0 Å². The van der Waals surface area contributed by atoms with Gasteiger partial charge >= 0.3 is 0 Å². The van der Waals surface area contributed by atoms with Crippen LogP contribution >= 0.6 is 0 Å². The molecule has 2 fully saturated rings. The Morgan fingerprint density at radius 2 is 1.76 bits per heavy atom. The number of aromatic nitrogens is 2. The molecule has 0 radical (unpaired) electrons. The zero-order valence-corrected chi connectivity index (χ0v) is 12.5. The minimum atomic E-state index is 0.578. The highest BCUT2D eigenvalue weighted by molar-refractivity contribution is 5.79. The number of imidazole rings is 1. The Hall–Kier alpha value is -1.55. The molecule has 21 heavy (non-hydrogen) atoms. The van der Waals surface area contributed by atoms with Crippen LogP contribution in [0.1, 0.15) is 44.6 Å². The fourth-order valence-corrected chi connectivity index (χ4v) is 4.13. The van der Waals surface area contributed by atoms with Gasteiger partial charge in [0.2, 0.25) is 0 Å². The highest BCUT2D eigenvalue weighted by Gasteiger charge is 2.28. The van der Waals surface area contributed by atoms with Crippen molar-refractivity contribution in [3.8, 4) is 0 Å². The number of rotatable bonds is 2. The van der Waals surface area contributed by atoms with E-state index < -0.39 is 0 Å². The summed E-state index contributed by atoms with van der Waals surface area (Å²) in [5.41, 5.74) is 9.01. The Morgan fingerprint density at radius 1 is 1.00 bits per heavy atom. The fourth-order valence-electron chi connectivity index (χ4n) is 4.13. The third kappa shape index (κ3) is 2.42. The molecule has 1 saturated carbocycles. The average molecular weight is 284 g/mol. The summed E-state index contributed by atoms with van der Waals surface area (Å²) in [5, 5.41) is 0. The van der Waals surface area contributed by atoms with Crippen LogP contribution in [0.5, 0.6) is 0 Å². The number of likely N-dealkylation sites (tertiary alicyclic amines) is 1. The van der Waals surface area contributed by atoms with E-state index in [1.54, 1.807) is 0 Å². The van der Waals surface area contributed by atoms with Crippen LogP contribution in [0.2, 0.25) is 0 Å². The van der Waals surface area contributed by atoms with Crippen LogP contribution in [0.25, 0.3) is 11.0 Å². The van der Waals surface area contributed by atoms with Gasteiger partial charge in [0.25, 0.3) is 0 Å². The van der Waals surface area contributed by atoms with Crippen LogP contribution in [0, 0.1) is 0 Å². The van der Waals surface area contributed by atoms with Gasteiger partial charge in [-0.1, -0.05) is 12.8 Å². The number of benzene rings is 1. The summed E-state index contributed by atoms with van der Waals surface area (Å²) in [4.78, 5) is 7.24. The minimum Gasteiger partial charge on any atom is -0.399 e. The quantitative estimate of drug-likeness (QED) is 0.861. The molecular formula is C17H24N4. The number of piperidine rings is 1. The van der Waals surface area contributed by atoms with E-state index in [1.807, 2.05) is 18.5 Å². The molecule has 0 atom stereocenters. The van der Waals surface area contributed by atoms with Crippen molar-refractivity contribution in [2.75, 3.05) is 18.8 Å². The van der Waals surface area contributed by atoms with Gasteiger partial charge in [-0.25, -0.2) is 4.98 Å². The van der Waals surface area contributed by atoms with Gasteiger partial charge in [-0.2, -0.15) is 0 Å². The van der Waals surface area contributed by atoms with Crippen LogP contribution < -0.4 is 5.73 Å². The van der Waals surface area contributed by atoms with Gasteiger partial charge in [-0.3, -0.25) is 0 Å². The monoisotopic (exact) mass is 284 g/mol. The molecule has 2 aromatic rings. The smallest absolute Gasteiger partial charge is 0.0960 e. The van der Waals surface area contributed by atoms with Crippen molar-refractivity contribution >= 4 is 16.7 Å². The van der Waals surface area contributed by atoms with Crippen molar-refractivity contribution in [1.82, 2.24) is 14.5 Å². The minimum absolute atomic E-state index is 0.578. The first-order chi connectivity index (χ1) is 10.3. The number of nitrogens with two attached hydrogens (primary N) is 1. The number of anilines is 1. The molecule has 0 spiro atoms. The van der Waals surface area contributed by atoms with E-state index in [9.17, 15) is 0 Å². The third-order valence-electron chi connectivity index (χ3n) is 5.33. The maximum absolute atomic E-state index is 5.94. The molecule has 0 bridgehead atoms. The molecule has 0 amide bonds. The molecule has 4 heteroatoms. The van der Waals surface area contributed by atoms with Crippen LogP contribution in [0.3, 0.4) is 0 Å². The lowest BCUT2D eigenvalue weighted by Crippen LogP contribution is -2.40. The van der Waals surface area contributed by atoms with Crippen LogP contribution in [0.15, 0.2) is 24.5 Å². The summed E-state index contributed by atoms with van der Waals surface area (Å²) in [6.45, 7) is 2.47.